The van der Waals surface area contributed by atoms with Crippen LogP contribution in [0.25, 0.3) is 0 Å². The average molecular weight is 237 g/mol. The quantitative estimate of drug-likeness (QED) is 0.619. The van der Waals surface area contributed by atoms with Crippen molar-refractivity contribution in [2.75, 3.05) is 18.4 Å². The lowest BCUT2D eigenvalue weighted by Gasteiger charge is -2.07. The summed E-state index contributed by atoms with van der Waals surface area (Å²) >= 11 is 5.97. The number of terminal acetylenes is 1. The van der Waals surface area contributed by atoms with Gasteiger partial charge < -0.3 is 5.32 Å². The van der Waals surface area contributed by atoms with E-state index in [1.807, 2.05) is 13.0 Å². The summed E-state index contributed by atoms with van der Waals surface area (Å²) in [6.07, 6.45) is 5.04. The summed E-state index contributed by atoms with van der Waals surface area (Å²) in [5.41, 5.74) is 1.66. The van der Waals surface area contributed by atoms with Gasteiger partial charge in [-0.2, -0.15) is 0 Å². The first-order chi connectivity index (χ1) is 7.63. The van der Waals surface area contributed by atoms with Crippen LogP contribution in [0.2, 0.25) is 5.02 Å². The number of hydrogen-bond acceptors (Lipinski definition) is 2. The Balaban J connectivity index is 2.53. The molecule has 16 heavy (non-hydrogen) atoms. The fourth-order valence-electron chi connectivity index (χ4n) is 1.16. The third kappa shape index (κ3) is 3.93. The number of hydrogen-bond donors (Lipinski definition) is 2. The highest BCUT2D eigenvalue weighted by atomic mass is 35.5. The minimum absolute atomic E-state index is 0.166. The molecule has 0 radical (unpaired) electrons. The number of benzene rings is 1. The van der Waals surface area contributed by atoms with Gasteiger partial charge in [-0.05, 0) is 24.6 Å². The van der Waals surface area contributed by atoms with Gasteiger partial charge in [-0.3, -0.25) is 10.1 Å². The molecule has 1 aromatic rings. The van der Waals surface area contributed by atoms with Crippen molar-refractivity contribution in [1.82, 2.24) is 5.32 Å². The van der Waals surface area contributed by atoms with Crippen LogP contribution in [0.5, 0.6) is 0 Å². The highest BCUT2D eigenvalue weighted by Crippen LogP contribution is 2.22. The molecular formula is C12H13ClN2O. The van der Waals surface area contributed by atoms with E-state index < -0.39 is 0 Å². The van der Waals surface area contributed by atoms with Crippen LogP contribution in [0.3, 0.4) is 0 Å². The maximum absolute atomic E-state index is 11.4. The monoisotopic (exact) mass is 236 g/mol. The molecule has 0 aromatic heterocycles. The van der Waals surface area contributed by atoms with E-state index in [1.165, 1.54) is 0 Å². The van der Waals surface area contributed by atoms with Crippen molar-refractivity contribution in [2.24, 2.45) is 0 Å². The van der Waals surface area contributed by atoms with Crippen LogP contribution in [0, 0.1) is 19.3 Å². The number of nitrogens with one attached hydrogen (secondary N) is 2. The third-order valence-corrected chi connectivity index (χ3v) is 2.22. The van der Waals surface area contributed by atoms with E-state index in [2.05, 4.69) is 16.6 Å². The molecule has 4 heteroatoms. The van der Waals surface area contributed by atoms with Gasteiger partial charge in [0, 0.05) is 0 Å². The van der Waals surface area contributed by atoms with Crippen molar-refractivity contribution in [3.63, 3.8) is 0 Å². The highest BCUT2D eigenvalue weighted by molar-refractivity contribution is 6.33. The van der Waals surface area contributed by atoms with E-state index in [-0.39, 0.29) is 12.5 Å². The van der Waals surface area contributed by atoms with Gasteiger partial charge in [-0.25, -0.2) is 0 Å². The van der Waals surface area contributed by atoms with E-state index >= 15 is 0 Å². The Labute approximate surface area is 100 Å². The van der Waals surface area contributed by atoms with Gasteiger partial charge in [-0.1, -0.05) is 23.6 Å². The lowest BCUT2D eigenvalue weighted by molar-refractivity contribution is -0.115. The molecule has 1 aromatic carbocycles. The molecule has 0 aliphatic heterocycles. The van der Waals surface area contributed by atoms with Crippen molar-refractivity contribution >= 4 is 23.2 Å². The Morgan fingerprint density at radius 2 is 2.31 bits per heavy atom. The van der Waals surface area contributed by atoms with Gasteiger partial charge in [0.1, 0.15) is 0 Å². The lowest BCUT2D eigenvalue weighted by Crippen LogP contribution is -2.28. The molecule has 84 valence electrons. The maximum atomic E-state index is 11.4. The van der Waals surface area contributed by atoms with E-state index in [4.69, 9.17) is 18.0 Å². The summed E-state index contributed by atoms with van der Waals surface area (Å²) in [7, 11) is 0. The molecule has 0 bridgehead atoms. The van der Waals surface area contributed by atoms with Crippen molar-refractivity contribution in [2.45, 2.75) is 6.92 Å². The van der Waals surface area contributed by atoms with E-state index in [0.717, 1.165) is 5.56 Å². The minimum atomic E-state index is -0.166. The number of carbonyl (C=O) groups excluding carboxylic acids is 1. The Morgan fingerprint density at radius 1 is 1.56 bits per heavy atom. The molecule has 0 aliphatic carbocycles. The van der Waals surface area contributed by atoms with Crippen molar-refractivity contribution in [3.8, 4) is 12.3 Å². The van der Waals surface area contributed by atoms with Gasteiger partial charge in [0.2, 0.25) is 5.91 Å². The molecule has 0 saturated carbocycles. The molecule has 1 rings (SSSR count). The molecule has 3 nitrogen and oxygen atoms in total. The smallest absolute Gasteiger partial charge is 0.238 e. The first-order valence-electron chi connectivity index (χ1n) is 4.83. The normalized spacial score (nSPS) is 9.56. The largest absolute Gasteiger partial charge is 0.324 e. The first-order valence-corrected chi connectivity index (χ1v) is 5.21. The molecule has 0 saturated heterocycles. The van der Waals surface area contributed by atoms with Crippen molar-refractivity contribution in [1.29, 1.82) is 0 Å². The molecule has 0 heterocycles. The topological polar surface area (TPSA) is 41.1 Å². The van der Waals surface area contributed by atoms with Gasteiger partial charge in [0.25, 0.3) is 0 Å². The number of amides is 1. The second-order valence-electron chi connectivity index (χ2n) is 3.34. The average Bonchev–Trinajstić information content (AvgIpc) is 2.23. The van der Waals surface area contributed by atoms with Gasteiger partial charge in [0.15, 0.2) is 0 Å². The van der Waals surface area contributed by atoms with E-state index in [1.54, 1.807) is 12.1 Å². The summed E-state index contributed by atoms with van der Waals surface area (Å²) in [5.74, 6) is 2.22. The number of anilines is 1. The van der Waals surface area contributed by atoms with Crippen molar-refractivity contribution in [3.05, 3.63) is 28.8 Å². The second-order valence-corrected chi connectivity index (χ2v) is 3.75. The zero-order valence-corrected chi connectivity index (χ0v) is 9.77. The maximum Gasteiger partial charge on any atom is 0.238 e. The Kier molecular flexibility index (Phi) is 4.84. The lowest BCUT2D eigenvalue weighted by atomic mass is 10.2. The molecule has 0 atom stereocenters. The third-order valence-electron chi connectivity index (χ3n) is 1.91. The number of carbonyl (C=O) groups is 1. The fraction of sp³-hybridized carbons (Fsp3) is 0.250. The predicted molar refractivity (Wildman–Crippen MR) is 66.5 cm³/mol. The number of halogens is 1. The molecule has 0 aliphatic rings. The summed E-state index contributed by atoms with van der Waals surface area (Å²) in [4.78, 5) is 11.4. The molecule has 0 unspecified atom stereocenters. The first kappa shape index (κ1) is 12.6. The van der Waals surface area contributed by atoms with E-state index in [0.29, 0.717) is 17.3 Å². The SMILES string of the molecule is C#CCNCC(=O)Nc1ccc(C)cc1Cl. The fourth-order valence-corrected chi connectivity index (χ4v) is 1.45. The Bertz CT molecular complexity index is 424. The summed E-state index contributed by atoms with van der Waals surface area (Å²) < 4.78 is 0. The van der Waals surface area contributed by atoms with Gasteiger partial charge in [-0.15, -0.1) is 6.42 Å². The van der Waals surface area contributed by atoms with Crippen LogP contribution >= 0.6 is 11.6 Å². The molecule has 2 N–H and O–H groups in total. The number of rotatable bonds is 4. The molecular weight excluding hydrogens is 224 g/mol. The molecule has 0 spiro atoms. The summed E-state index contributed by atoms with van der Waals surface area (Å²) in [6.45, 7) is 2.48. The van der Waals surface area contributed by atoms with Crippen LogP contribution in [-0.4, -0.2) is 19.0 Å². The highest BCUT2D eigenvalue weighted by Gasteiger charge is 2.04. The predicted octanol–water partition coefficient (Wildman–Crippen LogP) is 1.81. The molecule has 0 fully saturated rings. The standard InChI is InChI=1S/C12H13ClN2O/c1-3-6-14-8-12(16)15-11-5-4-9(2)7-10(11)13/h1,4-5,7,14H,6,8H2,2H3,(H,15,16). The van der Waals surface area contributed by atoms with Crippen LogP contribution in [0.1, 0.15) is 5.56 Å². The van der Waals surface area contributed by atoms with Crippen LogP contribution in [-0.2, 0) is 4.79 Å². The Morgan fingerprint density at radius 3 is 2.94 bits per heavy atom. The minimum Gasteiger partial charge on any atom is -0.324 e. The Hall–Kier alpha value is -1.50. The summed E-state index contributed by atoms with van der Waals surface area (Å²) in [6, 6.07) is 5.46. The van der Waals surface area contributed by atoms with Crippen LogP contribution < -0.4 is 10.6 Å². The summed E-state index contributed by atoms with van der Waals surface area (Å²) in [5, 5.41) is 6.02. The second kappa shape index (κ2) is 6.16. The van der Waals surface area contributed by atoms with Crippen molar-refractivity contribution < 1.29 is 4.79 Å². The van der Waals surface area contributed by atoms with E-state index in [9.17, 15) is 4.79 Å². The van der Waals surface area contributed by atoms with Crippen LogP contribution in [0.15, 0.2) is 18.2 Å². The number of aryl methyl sites for hydroxylation is 1. The van der Waals surface area contributed by atoms with Gasteiger partial charge >= 0.3 is 0 Å². The van der Waals surface area contributed by atoms with Gasteiger partial charge in [0.05, 0.1) is 23.8 Å². The zero-order valence-electron chi connectivity index (χ0n) is 9.01. The molecule has 1 amide bonds. The zero-order chi connectivity index (χ0) is 12.0. The van der Waals surface area contributed by atoms with Crippen LogP contribution in [0.4, 0.5) is 5.69 Å².